The molecule has 3 aromatic carbocycles. The van der Waals surface area contributed by atoms with Crippen molar-refractivity contribution in [3.05, 3.63) is 114 Å². The molecular weight excluding hydrogens is 903 g/mol. The molecule has 8 rings (SSSR count). The van der Waals surface area contributed by atoms with Crippen molar-refractivity contribution < 1.29 is 39.5 Å². The number of hydrogen-bond donors (Lipinski definition) is 4. The van der Waals surface area contributed by atoms with Gasteiger partial charge in [-0.3, -0.25) is 9.59 Å². The Bertz CT molecular complexity index is 2650. The number of rotatable bonds is 15. The van der Waals surface area contributed by atoms with Gasteiger partial charge in [-0.05, 0) is 97.7 Å². The fourth-order valence-corrected chi connectivity index (χ4v) is 10.4. The SMILES string of the molecule is [2H]CO[C@H](C)[C@H](NC(=O)OC)C(=O)N1CCC[C@H]1c1ncc(-c2ccc([C@@H]3CC[C@@H](c4ccc(-c5cnc([C@@H]6CCCN6C(=O)[C@@H](NC(=O)OC)[C@H](C)OC)[nH]5)cc4)N3c3ccc(C(C)(C)C)cc3)cc2)[nH]1. The molecular formula is C54H69N9O8. The molecule has 17 nitrogen and oxygen atoms in total. The lowest BCUT2D eigenvalue weighted by atomic mass is 9.87. The molecule has 3 fully saturated rings. The largest absolute Gasteiger partial charge is 0.453 e. The van der Waals surface area contributed by atoms with Crippen molar-refractivity contribution in [1.29, 1.82) is 0 Å². The summed E-state index contributed by atoms with van der Waals surface area (Å²) in [5.41, 5.74) is 8.48. The fraction of sp³-hybridized carbons (Fsp3) is 0.481. The van der Waals surface area contributed by atoms with E-state index in [1.165, 1.54) is 38.0 Å². The summed E-state index contributed by atoms with van der Waals surface area (Å²) in [7, 11) is 3.66. The van der Waals surface area contributed by atoms with Crippen LogP contribution in [0.25, 0.3) is 22.5 Å². The molecule has 0 unspecified atom stereocenters. The van der Waals surface area contributed by atoms with Crippen LogP contribution in [0, 0.1) is 0 Å². The van der Waals surface area contributed by atoms with E-state index in [-0.39, 0.29) is 48.5 Å². The van der Waals surface area contributed by atoms with E-state index in [9.17, 15) is 19.2 Å². The highest BCUT2D eigenvalue weighted by Gasteiger charge is 2.41. The molecule has 3 aliphatic rings. The van der Waals surface area contributed by atoms with Crippen molar-refractivity contribution in [2.45, 2.75) is 127 Å². The smallest absolute Gasteiger partial charge is 0.407 e. The number of amides is 4. The Morgan fingerprint density at radius 1 is 0.634 bits per heavy atom. The minimum Gasteiger partial charge on any atom is -0.453 e. The summed E-state index contributed by atoms with van der Waals surface area (Å²) >= 11 is 0. The molecule has 71 heavy (non-hydrogen) atoms. The van der Waals surface area contributed by atoms with Crippen LogP contribution in [0.2, 0.25) is 0 Å². The van der Waals surface area contributed by atoms with E-state index in [2.05, 4.69) is 119 Å². The number of carbonyl (C=O) groups excluding carboxylic acids is 4. The predicted octanol–water partition coefficient (Wildman–Crippen LogP) is 8.69. The lowest BCUT2D eigenvalue weighted by molar-refractivity contribution is -0.138. The number of methoxy groups -OCH3 is 4. The van der Waals surface area contributed by atoms with Crippen LogP contribution in [-0.4, -0.2) is 120 Å². The normalized spacial score (nSPS) is 21.1. The van der Waals surface area contributed by atoms with Gasteiger partial charge in [-0.1, -0.05) is 81.4 Å². The molecule has 3 aliphatic heterocycles. The number of anilines is 1. The van der Waals surface area contributed by atoms with Crippen LogP contribution >= 0.6 is 0 Å². The second-order valence-electron chi connectivity index (χ2n) is 19.8. The predicted molar refractivity (Wildman–Crippen MR) is 269 cm³/mol. The number of nitrogens with one attached hydrogen (secondary N) is 4. The van der Waals surface area contributed by atoms with Gasteiger partial charge >= 0.3 is 12.2 Å². The Hall–Kier alpha value is -6.72. The summed E-state index contributed by atoms with van der Waals surface area (Å²) < 4.78 is 28.0. The zero-order valence-electron chi connectivity index (χ0n) is 43.1. The summed E-state index contributed by atoms with van der Waals surface area (Å²) in [6.07, 6.45) is 5.80. The molecule has 378 valence electrons. The van der Waals surface area contributed by atoms with E-state index in [1.807, 2.05) is 6.20 Å². The Labute approximate surface area is 417 Å². The van der Waals surface area contributed by atoms with Crippen molar-refractivity contribution in [3.63, 3.8) is 0 Å². The maximum atomic E-state index is 13.9. The molecule has 5 heterocycles. The molecule has 0 spiro atoms. The third-order valence-corrected chi connectivity index (χ3v) is 14.5. The minimum absolute atomic E-state index is 0.0109. The van der Waals surface area contributed by atoms with E-state index in [0.29, 0.717) is 31.2 Å². The standard InChI is InChI=1S/C54H69N9O8/c1-32(68-6)46(59-52(66)70-8)50(64)61-28-10-12-44(61)48-55-30-40(57-48)34-14-18-36(19-15-34)42-26-27-43(63(42)39-24-22-38(23-25-39)54(3,4)5)37-20-16-35(17-21-37)41-31-56-49(58-41)45-13-11-29-62(45)51(65)47(33(2)69-7)60-53(67)71-9/h14-25,30-33,42-47H,10-13,26-29H2,1-9H3,(H,55,57)(H,56,58)(H,59,66)(H,60,67)/t32-,33+,42-,43-,44-,45-,46-,47-/m0/s1/i6D/t32-,33+,42+,43+,44+,45+,46+,47+/m1. The van der Waals surface area contributed by atoms with Gasteiger partial charge in [-0.2, -0.15) is 0 Å². The first kappa shape index (κ1) is 49.3. The van der Waals surface area contributed by atoms with Gasteiger partial charge in [0, 0.05) is 33.0 Å². The number of nitrogens with zero attached hydrogens (tertiary/aromatic N) is 5. The number of imidazole rings is 2. The Kier molecular flexibility index (Phi) is 15.1. The van der Waals surface area contributed by atoms with E-state index >= 15 is 0 Å². The highest BCUT2D eigenvalue weighted by molar-refractivity contribution is 5.87. The summed E-state index contributed by atoms with van der Waals surface area (Å²) in [5.74, 6) is 0.797. The molecule has 0 aliphatic carbocycles. The van der Waals surface area contributed by atoms with Gasteiger partial charge in [0.1, 0.15) is 23.7 Å². The van der Waals surface area contributed by atoms with Gasteiger partial charge in [0.15, 0.2) is 0 Å². The van der Waals surface area contributed by atoms with Crippen molar-refractivity contribution in [2.24, 2.45) is 0 Å². The average Bonchev–Trinajstić information content (AvgIpc) is 4.26. The third-order valence-electron chi connectivity index (χ3n) is 14.5. The number of benzene rings is 3. The van der Waals surface area contributed by atoms with Crippen LogP contribution in [-0.2, 0) is 34.0 Å². The monoisotopic (exact) mass is 973 g/mol. The minimum atomic E-state index is -1.02. The molecule has 4 amide bonds. The van der Waals surface area contributed by atoms with Gasteiger partial charge < -0.3 is 54.2 Å². The second-order valence-corrected chi connectivity index (χ2v) is 19.8. The zero-order valence-corrected chi connectivity index (χ0v) is 42.1. The van der Waals surface area contributed by atoms with Crippen molar-refractivity contribution in [3.8, 4) is 22.5 Å². The molecule has 0 saturated carbocycles. The molecule has 2 aromatic heterocycles. The van der Waals surface area contributed by atoms with Crippen molar-refractivity contribution >= 4 is 29.7 Å². The van der Waals surface area contributed by atoms with Gasteiger partial charge in [0.2, 0.25) is 11.8 Å². The second kappa shape index (κ2) is 21.7. The Balaban J connectivity index is 1.000. The lowest BCUT2D eigenvalue weighted by Gasteiger charge is -2.34. The zero-order chi connectivity index (χ0) is 51.3. The number of aromatic nitrogens is 4. The molecule has 17 heteroatoms. The summed E-state index contributed by atoms with van der Waals surface area (Å²) in [6, 6.07) is 24.0. The number of aromatic amines is 2. The van der Waals surface area contributed by atoms with Crippen LogP contribution in [0.3, 0.4) is 0 Å². The summed E-state index contributed by atoms with van der Waals surface area (Å²) in [5, 5.41) is 5.26. The van der Waals surface area contributed by atoms with E-state index < -0.39 is 36.5 Å². The number of likely N-dealkylation sites (tertiary alicyclic amines) is 2. The number of H-pyrrole nitrogens is 2. The first-order valence-electron chi connectivity index (χ1n) is 25.3. The summed E-state index contributed by atoms with van der Waals surface area (Å²) in [4.78, 5) is 74.7. The van der Waals surface area contributed by atoms with E-state index in [1.54, 1.807) is 29.8 Å². The van der Waals surface area contributed by atoms with Crippen molar-refractivity contribution in [1.82, 2.24) is 40.4 Å². The molecule has 5 aromatic rings. The summed E-state index contributed by atoms with van der Waals surface area (Å²) in [6.45, 7) is 11.1. The van der Waals surface area contributed by atoms with Gasteiger partial charge in [-0.25, -0.2) is 19.6 Å². The van der Waals surface area contributed by atoms with E-state index in [0.717, 1.165) is 60.3 Å². The number of ether oxygens (including phenoxy) is 4. The fourth-order valence-electron chi connectivity index (χ4n) is 10.4. The van der Waals surface area contributed by atoms with Crippen LogP contribution in [0.15, 0.2) is 85.2 Å². The Morgan fingerprint density at radius 3 is 1.46 bits per heavy atom. The molecule has 0 bridgehead atoms. The topological polar surface area (TPSA) is 196 Å². The molecule has 4 N–H and O–H groups in total. The van der Waals surface area contributed by atoms with Gasteiger partial charge in [0.05, 0.1) is 75.7 Å². The quantitative estimate of drug-likeness (QED) is 0.0784. The Morgan fingerprint density at radius 2 is 1.07 bits per heavy atom. The number of hydrogen-bond acceptors (Lipinski definition) is 11. The van der Waals surface area contributed by atoms with Crippen LogP contribution in [0.5, 0.6) is 0 Å². The molecule has 8 atom stereocenters. The van der Waals surface area contributed by atoms with Crippen LogP contribution in [0.4, 0.5) is 15.3 Å². The third kappa shape index (κ3) is 10.8. The van der Waals surface area contributed by atoms with Crippen molar-refractivity contribution in [2.75, 3.05) is 46.4 Å². The number of alkyl carbamates (subject to hydrolysis) is 2. The van der Waals surface area contributed by atoms with Crippen LogP contribution in [0.1, 0.15) is 127 Å². The van der Waals surface area contributed by atoms with Crippen LogP contribution < -0.4 is 15.5 Å². The first-order chi connectivity index (χ1) is 34.6. The highest BCUT2D eigenvalue weighted by atomic mass is 16.5. The van der Waals surface area contributed by atoms with Gasteiger partial charge in [-0.15, -0.1) is 0 Å². The first-order valence-corrected chi connectivity index (χ1v) is 24.6. The van der Waals surface area contributed by atoms with E-state index in [4.69, 9.17) is 30.3 Å². The maximum Gasteiger partial charge on any atom is 0.407 e. The average molecular weight is 973 g/mol. The highest BCUT2D eigenvalue weighted by Crippen LogP contribution is 2.48. The lowest BCUT2D eigenvalue weighted by Crippen LogP contribution is -2.54. The maximum absolute atomic E-state index is 13.9. The van der Waals surface area contributed by atoms with Gasteiger partial charge in [0.25, 0.3) is 0 Å². The number of carbonyl (C=O) groups is 4. The molecule has 0 radical (unpaired) electrons. The molecule has 3 saturated heterocycles.